The average Bonchev–Trinajstić information content (AvgIpc) is 3.23. The Balaban J connectivity index is 1.54. The molecule has 2 aromatic carbocycles. The Morgan fingerprint density at radius 2 is 1.86 bits per heavy atom. The highest BCUT2D eigenvalue weighted by Gasteiger charge is 2.32. The molecule has 0 aliphatic carbocycles. The van der Waals surface area contributed by atoms with Crippen LogP contribution in [-0.4, -0.2) is 41.4 Å². The van der Waals surface area contributed by atoms with Crippen LogP contribution in [0, 0.1) is 6.92 Å². The molecule has 3 rings (SSSR count). The fourth-order valence-electron chi connectivity index (χ4n) is 3.54. The van der Waals surface area contributed by atoms with Crippen molar-refractivity contribution < 1.29 is 14.3 Å². The molecule has 1 N–H and O–H groups in total. The zero-order chi connectivity index (χ0) is 20.8. The Hall–Kier alpha value is -2.47. The van der Waals surface area contributed by atoms with Crippen LogP contribution < -0.4 is 10.1 Å². The van der Waals surface area contributed by atoms with Crippen molar-refractivity contribution in [3.63, 3.8) is 0 Å². The maximum atomic E-state index is 13.0. The van der Waals surface area contributed by atoms with Gasteiger partial charge in [0.25, 0.3) is 0 Å². The fourth-order valence-corrected chi connectivity index (χ4v) is 4.29. The van der Waals surface area contributed by atoms with Gasteiger partial charge in [-0.3, -0.25) is 9.59 Å². The monoisotopic (exact) mass is 412 g/mol. The first kappa shape index (κ1) is 21.2. The molecule has 2 atom stereocenters. The van der Waals surface area contributed by atoms with Crippen molar-refractivity contribution in [3.05, 3.63) is 59.7 Å². The van der Waals surface area contributed by atoms with E-state index in [0.29, 0.717) is 0 Å². The van der Waals surface area contributed by atoms with Gasteiger partial charge in [0.15, 0.2) is 0 Å². The number of aryl methyl sites for hydroxylation is 1. The van der Waals surface area contributed by atoms with E-state index < -0.39 is 0 Å². The van der Waals surface area contributed by atoms with E-state index in [9.17, 15) is 9.59 Å². The van der Waals surface area contributed by atoms with E-state index in [-0.39, 0.29) is 28.9 Å². The van der Waals surface area contributed by atoms with Gasteiger partial charge < -0.3 is 15.0 Å². The number of hydrogen-bond acceptors (Lipinski definition) is 4. The largest absolute Gasteiger partial charge is 0.497 e. The minimum atomic E-state index is -0.266. The third kappa shape index (κ3) is 5.54. The second kappa shape index (κ2) is 9.83. The van der Waals surface area contributed by atoms with Crippen LogP contribution >= 0.6 is 11.8 Å². The summed E-state index contributed by atoms with van der Waals surface area (Å²) >= 11 is 1.38. The molecule has 6 heteroatoms. The van der Waals surface area contributed by atoms with Crippen LogP contribution in [0.5, 0.6) is 5.75 Å². The summed E-state index contributed by atoms with van der Waals surface area (Å²) in [5.41, 5.74) is 3.05. The Bertz CT molecular complexity index is 836. The van der Waals surface area contributed by atoms with Crippen LogP contribution in [0.4, 0.5) is 5.69 Å². The van der Waals surface area contributed by atoms with E-state index in [1.165, 1.54) is 11.8 Å². The van der Waals surface area contributed by atoms with Gasteiger partial charge in [-0.05, 0) is 56.5 Å². The van der Waals surface area contributed by atoms with Crippen molar-refractivity contribution in [3.8, 4) is 5.75 Å². The average molecular weight is 413 g/mol. The molecule has 0 saturated carbocycles. The standard InChI is InChI=1S/C23H28N2O3S/c1-16-6-10-19(11-7-16)24-22(26)15-29-17(2)23(27)25-14-4-5-21(25)18-8-12-20(28-3)13-9-18/h6-13,17,21H,4-5,14-15H2,1-3H3,(H,24,26)/t17-,21-/m0/s1. The number of amides is 2. The molecule has 0 aromatic heterocycles. The van der Waals surface area contributed by atoms with E-state index in [1.54, 1.807) is 7.11 Å². The van der Waals surface area contributed by atoms with Gasteiger partial charge in [0.1, 0.15) is 5.75 Å². The van der Waals surface area contributed by atoms with Gasteiger partial charge in [0.05, 0.1) is 24.2 Å². The molecule has 5 nitrogen and oxygen atoms in total. The lowest BCUT2D eigenvalue weighted by Gasteiger charge is -2.27. The number of ether oxygens (including phenoxy) is 1. The number of carbonyl (C=O) groups is 2. The third-order valence-corrected chi connectivity index (χ3v) is 6.31. The molecule has 29 heavy (non-hydrogen) atoms. The second-order valence-electron chi connectivity index (χ2n) is 7.33. The number of nitrogens with zero attached hydrogens (tertiary/aromatic N) is 1. The first-order valence-electron chi connectivity index (χ1n) is 9.90. The van der Waals surface area contributed by atoms with Crippen LogP contribution in [0.1, 0.15) is 36.9 Å². The summed E-state index contributed by atoms with van der Waals surface area (Å²) in [5, 5.41) is 2.62. The highest BCUT2D eigenvalue weighted by atomic mass is 32.2. The minimum absolute atomic E-state index is 0.0911. The summed E-state index contributed by atoms with van der Waals surface area (Å²) in [6.07, 6.45) is 1.96. The van der Waals surface area contributed by atoms with E-state index in [2.05, 4.69) is 5.32 Å². The number of hydrogen-bond donors (Lipinski definition) is 1. The Morgan fingerprint density at radius 1 is 1.17 bits per heavy atom. The lowest BCUT2D eigenvalue weighted by molar-refractivity contribution is -0.131. The van der Waals surface area contributed by atoms with Crippen molar-refractivity contribution >= 4 is 29.3 Å². The molecule has 0 spiro atoms. The molecule has 1 aliphatic heterocycles. The molecule has 1 fully saturated rings. The molecular formula is C23H28N2O3S. The highest BCUT2D eigenvalue weighted by molar-refractivity contribution is 8.01. The number of thioether (sulfide) groups is 1. The summed E-state index contributed by atoms with van der Waals surface area (Å²) in [5.74, 6) is 1.07. The predicted octanol–water partition coefficient (Wildman–Crippen LogP) is 4.43. The Kier molecular flexibility index (Phi) is 7.20. The maximum Gasteiger partial charge on any atom is 0.235 e. The number of likely N-dealkylation sites (tertiary alicyclic amines) is 1. The summed E-state index contributed by atoms with van der Waals surface area (Å²) in [6.45, 7) is 4.65. The topological polar surface area (TPSA) is 58.6 Å². The molecule has 154 valence electrons. The summed E-state index contributed by atoms with van der Waals surface area (Å²) in [6, 6.07) is 15.7. The van der Waals surface area contributed by atoms with Crippen LogP contribution in [0.25, 0.3) is 0 Å². The highest BCUT2D eigenvalue weighted by Crippen LogP contribution is 2.34. The van der Waals surface area contributed by atoms with Crippen LogP contribution in [0.2, 0.25) is 0 Å². The number of carbonyl (C=O) groups excluding carboxylic acids is 2. The number of benzene rings is 2. The van der Waals surface area contributed by atoms with E-state index >= 15 is 0 Å². The molecule has 0 radical (unpaired) electrons. The van der Waals surface area contributed by atoms with Crippen molar-refractivity contribution in [1.29, 1.82) is 0 Å². The predicted molar refractivity (Wildman–Crippen MR) is 118 cm³/mol. The van der Waals surface area contributed by atoms with E-state index in [4.69, 9.17) is 4.74 Å². The number of nitrogens with one attached hydrogen (secondary N) is 1. The fraction of sp³-hybridized carbons (Fsp3) is 0.391. The number of rotatable bonds is 7. The molecule has 1 heterocycles. The van der Waals surface area contributed by atoms with E-state index in [1.807, 2.05) is 67.3 Å². The smallest absolute Gasteiger partial charge is 0.235 e. The van der Waals surface area contributed by atoms with Crippen molar-refractivity contribution in [2.24, 2.45) is 0 Å². The molecular weight excluding hydrogens is 384 g/mol. The Labute approximate surface area is 176 Å². The van der Waals surface area contributed by atoms with Gasteiger partial charge in [-0.1, -0.05) is 29.8 Å². The van der Waals surface area contributed by atoms with Gasteiger partial charge in [0, 0.05) is 12.2 Å². The normalized spacial score (nSPS) is 17.1. The van der Waals surface area contributed by atoms with Crippen molar-refractivity contribution in [2.45, 2.75) is 38.0 Å². The number of methoxy groups -OCH3 is 1. The first-order chi connectivity index (χ1) is 14.0. The second-order valence-corrected chi connectivity index (χ2v) is 8.66. The zero-order valence-corrected chi connectivity index (χ0v) is 18.0. The molecule has 0 bridgehead atoms. The lowest BCUT2D eigenvalue weighted by Crippen LogP contribution is -2.36. The molecule has 0 unspecified atom stereocenters. The maximum absolute atomic E-state index is 13.0. The number of anilines is 1. The van der Waals surface area contributed by atoms with Gasteiger partial charge >= 0.3 is 0 Å². The van der Waals surface area contributed by atoms with Crippen LogP contribution in [0.3, 0.4) is 0 Å². The summed E-state index contributed by atoms with van der Waals surface area (Å²) in [4.78, 5) is 27.2. The molecule has 1 saturated heterocycles. The SMILES string of the molecule is COc1ccc([C@@H]2CCCN2C(=O)[C@H](C)SCC(=O)Nc2ccc(C)cc2)cc1. The molecule has 2 amide bonds. The van der Waals surface area contributed by atoms with Gasteiger partial charge in [-0.15, -0.1) is 11.8 Å². The van der Waals surface area contributed by atoms with Crippen LogP contribution in [-0.2, 0) is 9.59 Å². The Morgan fingerprint density at radius 3 is 2.52 bits per heavy atom. The van der Waals surface area contributed by atoms with Gasteiger partial charge in [-0.2, -0.15) is 0 Å². The van der Waals surface area contributed by atoms with Gasteiger partial charge in [-0.25, -0.2) is 0 Å². The first-order valence-corrected chi connectivity index (χ1v) is 11.0. The minimum Gasteiger partial charge on any atom is -0.497 e. The molecule has 2 aromatic rings. The third-order valence-electron chi connectivity index (χ3n) is 5.18. The van der Waals surface area contributed by atoms with Crippen molar-refractivity contribution in [2.75, 3.05) is 24.7 Å². The van der Waals surface area contributed by atoms with Gasteiger partial charge in [0.2, 0.25) is 11.8 Å². The summed E-state index contributed by atoms with van der Waals surface area (Å²) in [7, 11) is 1.65. The van der Waals surface area contributed by atoms with Crippen molar-refractivity contribution in [1.82, 2.24) is 4.90 Å². The van der Waals surface area contributed by atoms with E-state index in [0.717, 1.165) is 42.0 Å². The van der Waals surface area contributed by atoms with Crippen LogP contribution in [0.15, 0.2) is 48.5 Å². The summed E-state index contributed by atoms with van der Waals surface area (Å²) < 4.78 is 5.23. The quantitative estimate of drug-likeness (QED) is 0.731. The lowest BCUT2D eigenvalue weighted by atomic mass is 10.0. The molecule has 1 aliphatic rings. The zero-order valence-electron chi connectivity index (χ0n) is 17.2.